The minimum absolute atomic E-state index is 0.133. The van der Waals surface area contributed by atoms with Crippen LogP contribution in [0.4, 0.5) is 11.5 Å². The maximum absolute atomic E-state index is 11.1. The summed E-state index contributed by atoms with van der Waals surface area (Å²) in [5.41, 5.74) is 4.64. The van der Waals surface area contributed by atoms with Gasteiger partial charge in [0.05, 0.1) is 17.2 Å². The molecule has 3 aromatic carbocycles. The third-order valence-corrected chi connectivity index (χ3v) is 5.20. The van der Waals surface area contributed by atoms with Gasteiger partial charge in [-0.15, -0.1) is 0 Å². The molecule has 0 amide bonds. The summed E-state index contributed by atoms with van der Waals surface area (Å²) in [6, 6.07) is 21.8. The maximum Gasteiger partial charge on any atom is 0.162 e. The number of para-hydroxylation sites is 1. The normalized spacial score (nSPS) is 12.2. The van der Waals surface area contributed by atoms with Crippen molar-refractivity contribution in [2.45, 2.75) is 12.8 Å². The van der Waals surface area contributed by atoms with Gasteiger partial charge in [0.1, 0.15) is 12.1 Å². The molecular weight excluding hydrogens is 374 g/mol. The zero-order valence-electron chi connectivity index (χ0n) is 16.3. The number of fused-ring (bicyclic) bond motifs is 2. The second-order valence-electron chi connectivity index (χ2n) is 7.26. The molecular formula is C24H19N5O. The molecule has 0 radical (unpaired) electrons. The van der Waals surface area contributed by atoms with Crippen LogP contribution in [0.2, 0.25) is 0 Å². The van der Waals surface area contributed by atoms with Crippen molar-refractivity contribution >= 4 is 39.6 Å². The highest BCUT2D eigenvalue weighted by molar-refractivity contribution is 5.93. The monoisotopic (exact) mass is 393 g/mol. The predicted molar refractivity (Wildman–Crippen MR) is 119 cm³/mol. The number of nitrogens with zero attached hydrogens (tertiary/aromatic N) is 3. The molecule has 0 saturated heterocycles. The molecule has 0 fully saturated rings. The minimum atomic E-state index is -0.133. The third-order valence-electron chi connectivity index (χ3n) is 5.20. The second kappa shape index (κ2) is 7.40. The van der Waals surface area contributed by atoms with Crippen molar-refractivity contribution < 1.29 is 4.79 Å². The predicted octanol–water partition coefficient (Wildman–Crippen LogP) is 5.22. The molecule has 2 aromatic heterocycles. The quantitative estimate of drug-likeness (QED) is 0.400. The Hall–Kier alpha value is -4.06. The first-order valence-corrected chi connectivity index (χ1v) is 9.74. The van der Waals surface area contributed by atoms with Gasteiger partial charge in [0.2, 0.25) is 0 Å². The maximum atomic E-state index is 11.1. The van der Waals surface area contributed by atoms with Gasteiger partial charge >= 0.3 is 0 Å². The van der Waals surface area contributed by atoms with E-state index in [-0.39, 0.29) is 5.92 Å². The standard InChI is InChI=1S/C24H19N5O/c1-15(14-30)16-6-8-17(9-7-16)23-27-22-5-3-2-4-20(22)24(28-23)26-19-10-11-21-18(12-19)13-25-29-21/h2-15H,1H3,(H,25,29)(H,26,27,28). The Morgan fingerprint density at radius 3 is 2.67 bits per heavy atom. The van der Waals surface area contributed by atoms with Gasteiger partial charge in [-0.3, -0.25) is 5.10 Å². The molecule has 0 saturated carbocycles. The highest BCUT2D eigenvalue weighted by atomic mass is 16.1. The van der Waals surface area contributed by atoms with Crippen LogP contribution >= 0.6 is 0 Å². The van der Waals surface area contributed by atoms with Gasteiger partial charge in [0.25, 0.3) is 0 Å². The van der Waals surface area contributed by atoms with Crippen LogP contribution < -0.4 is 5.32 Å². The molecule has 1 atom stereocenters. The van der Waals surface area contributed by atoms with Gasteiger partial charge in [-0.2, -0.15) is 5.10 Å². The van der Waals surface area contributed by atoms with E-state index in [0.717, 1.165) is 50.7 Å². The first-order valence-electron chi connectivity index (χ1n) is 9.74. The van der Waals surface area contributed by atoms with Gasteiger partial charge in [0.15, 0.2) is 5.82 Å². The molecule has 0 spiro atoms. The molecule has 6 nitrogen and oxygen atoms in total. The number of hydrogen-bond donors (Lipinski definition) is 2. The number of nitrogens with one attached hydrogen (secondary N) is 2. The Balaban J connectivity index is 1.58. The molecule has 0 bridgehead atoms. The highest BCUT2D eigenvalue weighted by Crippen LogP contribution is 2.29. The van der Waals surface area contributed by atoms with Crippen molar-refractivity contribution in [1.29, 1.82) is 0 Å². The van der Waals surface area contributed by atoms with Crippen LogP contribution in [0.5, 0.6) is 0 Å². The molecule has 0 aliphatic rings. The van der Waals surface area contributed by atoms with Crippen LogP contribution in [0.25, 0.3) is 33.2 Å². The van der Waals surface area contributed by atoms with Gasteiger partial charge in [-0.05, 0) is 35.9 Å². The van der Waals surface area contributed by atoms with Crippen LogP contribution in [-0.2, 0) is 4.79 Å². The molecule has 5 rings (SSSR count). The number of carbonyl (C=O) groups is 1. The number of aldehydes is 1. The molecule has 0 aliphatic carbocycles. The summed E-state index contributed by atoms with van der Waals surface area (Å²) in [6.45, 7) is 1.88. The highest BCUT2D eigenvalue weighted by Gasteiger charge is 2.11. The number of aromatic amines is 1. The summed E-state index contributed by atoms with van der Waals surface area (Å²) < 4.78 is 0. The van der Waals surface area contributed by atoms with Crippen molar-refractivity contribution in [3.8, 4) is 11.4 Å². The van der Waals surface area contributed by atoms with Crippen LogP contribution in [0.1, 0.15) is 18.4 Å². The summed E-state index contributed by atoms with van der Waals surface area (Å²) in [6.07, 6.45) is 2.74. The van der Waals surface area contributed by atoms with E-state index in [4.69, 9.17) is 9.97 Å². The fraction of sp³-hybridized carbons (Fsp3) is 0.0833. The van der Waals surface area contributed by atoms with Crippen LogP contribution in [0.15, 0.2) is 72.9 Å². The molecule has 1 unspecified atom stereocenters. The van der Waals surface area contributed by atoms with Crippen molar-refractivity contribution in [3.63, 3.8) is 0 Å². The van der Waals surface area contributed by atoms with Crippen LogP contribution in [-0.4, -0.2) is 26.5 Å². The van der Waals surface area contributed by atoms with E-state index < -0.39 is 0 Å². The van der Waals surface area contributed by atoms with E-state index in [1.165, 1.54) is 0 Å². The fourth-order valence-corrected chi connectivity index (χ4v) is 3.47. The first-order chi connectivity index (χ1) is 14.7. The van der Waals surface area contributed by atoms with Crippen molar-refractivity contribution in [3.05, 3.63) is 78.5 Å². The Bertz CT molecular complexity index is 1360. The minimum Gasteiger partial charge on any atom is -0.340 e. The molecule has 2 heterocycles. The van der Waals surface area contributed by atoms with E-state index in [2.05, 4.69) is 15.5 Å². The molecule has 30 heavy (non-hydrogen) atoms. The lowest BCUT2D eigenvalue weighted by Gasteiger charge is -2.12. The van der Waals surface area contributed by atoms with E-state index in [0.29, 0.717) is 5.82 Å². The number of benzene rings is 3. The largest absolute Gasteiger partial charge is 0.340 e. The summed E-state index contributed by atoms with van der Waals surface area (Å²) in [4.78, 5) is 20.6. The topological polar surface area (TPSA) is 83.6 Å². The Labute approximate surface area is 173 Å². The summed E-state index contributed by atoms with van der Waals surface area (Å²) in [5.74, 6) is 1.24. The third kappa shape index (κ3) is 3.28. The first kappa shape index (κ1) is 18.0. The number of hydrogen-bond acceptors (Lipinski definition) is 5. The summed E-state index contributed by atoms with van der Waals surface area (Å²) in [7, 11) is 0. The average Bonchev–Trinajstić information content (AvgIpc) is 3.26. The number of rotatable bonds is 5. The van der Waals surface area contributed by atoms with Gasteiger partial charge in [0, 0.05) is 27.9 Å². The van der Waals surface area contributed by atoms with E-state index in [1.807, 2.05) is 73.7 Å². The van der Waals surface area contributed by atoms with E-state index in [9.17, 15) is 4.79 Å². The molecule has 2 N–H and O–H groups in total. The second-order valence-corrected chi connectivity index (χ2v) is 7.26. The average molecular weight is 393 g/mol. The number of aromatic nitrogens is 4. The number of H-pyrrole nitrogens is 1. The summed E-state index contributed by atoms with van der Waals surface area (Å²) >= 11 is 0. The SMILES string of the molecule is CC(C=O)c1ccc(-c2nc(Nc3ccc4[nH]ncc4c3)c3ccccc3n2)cc1. The Morgan fingerprint density at radius 1 is 1.00 bits per heavy atom. The fourth-order valence-electron chi connectivity index (χ4n) is 3.47. The zero-order chi connectivity index (χ0) is 20.5. The van der Waals surface area contributed by atoms with Crippen molar-refractivity contribution in [1.82, 2.24) is 20.2 Å². The molecule has 5 aromatic rings. The smallest absolute Gasteiger partial charge is 0.162 e. The molecule has 146 valence electrons. The lowest BCUT2D eigenvalue weighted by Crippen LogP contribution is -2.00. The van der Waals surface area contributed by atoms with Gasteiger partial charge in [-0.1, -0.05) is 43.3 Å². The Kier molecular flexibility index (Phi) is 4.44. The van der Waals surface area contributed by atoms with Gasteiger partial charge in [-0.25, -0.2) is 9.97 Å². The van der Waals surface area contributed by atoms with Crippen molar-refractivity contribution in [2.75, 3.05) is 5.32 Å². The zero-order valence-corrected chi connectivity index (χ0v) is 16.3. The van der Waals surface area contributed by atoms with E-state index in [1.54, 1.807) is 6.20 Å². The number of carbonyl (C=O) groups excluding carboxylic acids is 1. The summed E-state index contributed by atoms with van der Waals surface area (Å²) in [5, 5.41) is 12.4. The van der Waals surface area contributed by atoms with E-state index >= 15 is 0 Å². The lowest BCUT2D eigenvalue weighted by atomic mass is 10.0. The van der Waals surface area contributed by atoms with Crippen molar-refractivity contribution in [2.24, 2.45) is 0 Å². The molecule has 0 aliphatic heterocycles. The van der Waals surface area contributed by atoms with Gasteiger partial charge < -0.3 is 10.1 Å². The number of anilines is 2. The van der Waals surface area contributed by atoms with Crippen LogP contribution in [0, 0.1) is 0 Å². The Morgan fingerprint density at radius 2 is 1.83 bits per heavy atom. The lowest BCUT2D eigenvalue weighted by molar-refractivity contribution is -0.108. The molecule has 6 heteroatoms. The van der Waals surface area contributed by atoms with Crippen LogP contribution in [0.3, 0.4) is 0 Å².